The molecule has 0 spiro atoms. The number of nitrogens with one attached hydrogen (secondary N) is 1. The Kier molecular flexibility index (Phi) is 4.85. The van der Waals surface area contributed by atoms with Gasteiger partial charge >= 0.3 is 0 Å². The summed E-state index contributed by atoms with van der Waals surface area (Å²) in [6, 6.07) is 7.85. The largest absolute Gasteiger partial charge is 0.345 e. The smallest absolute Gasteiger partial charge is 0.277 e. The molecule has 0 bridgehead atoms. The number of benzene rings is 1. The van der Waals surface area contributed by atoms with Gasteiger partial charge in [-0.25, -0.2) is 13.5 Å². The van der Waals surface area contributed by atoms with Gasteiger partial charge in [0.2, 0.25) is 0 Å². The molecule has 3 N–H and O–H groups in total. The molecule has 1 amide bonds. The minimum Gasteiger partial charge on any atom is -0.345 e. The second-order valence-electron chi connectivity index (χ2n) is 6.47. The number of halogens is 2. The molecule has 0 unspecified atom stereocenters. The number of carbonyl (C=O) groups excluding carboxylic acids is 1. The van der Waals surface area contributed by atoms with Crippen LogP contribution in [0, 0.1) is 6.92 Å². The van der Waals surface area contributed by atoms with Crippen molar-refractivity contribution in [2.24, 2.45) is 5.73 Å². The van der Waals surface area contributed by atoms with Gasteiger partial charge in [-0.2, -0.15) is 5.10 Å². The highest BCUT2D eigenvalue weighted by molar-refractivity contribution is 5.94. The molecule has 0 saturated carbocycles. The Bertz CT molecular complexity index is 768. The van der Waals surface area contributed by atoms with Gasteiger partial charge in [0.1, 0.15) is 0 Å². The normalized spacial score (nSPS) is 14.2. The molecule has 134 valence electrons. The Morgan fingerprint density at radius 3 is 2.64 bits per heavy atom. The number of alkyl halides is 2. The van der Waals surface area contributed by atoms with Crippen LogP contribution in [0.4, 0.5) is 8.78 Å². The number of fused-ring (bicyclic) bond motifs is 1. The standard InChI is InChI=1S/C18H22F2N4O/c1-12-6-8-13(9-7-12)24-15-5-3-2-4-14(15)16(23-24)17(25)22-11-18(19,20)10-21/h6-9H,2-5,10-11,21H2,1H3,(H,22,25). The summed E-state index contributed by atoms with van der Waals surface area (Å²) in [7, 11) is 0. The number of rotatable bonds is 5. The van der Waals surface area contributed by atoms with Crippen molar-refractivity contribution in [1.29, 1.82) is 0 Å². The van der Waals surface area contributed by atoms with Crippen molar-refractivity contribution in [3.05, 3.63) is 46.8 Å². The van der Waals surface area contributed by atoms with Crippen LogP contribution in [0.2, 0.25) is 0 Å². The number of aryl methyl sites for hydroxylation is 1. The fourth-order valence-corrected chi connectivity index (χ4v) is 3.05. The highest BCUT2D eigenvalue weighted by Gasteiger charge is 2.30. The first-order valence-electron chi connectivity index (χ1n) is 8.45. The minimum absolute atomic E-state index is 0.239. The van der Waals surface area contributed by atoms with E-state index in [1.54, 1.807) is 4.68 Å². The van der Waals surface area contributed by atoms with Crippen LogP contribution in [0.25, 0.3) is 5.69 Å². The van der Waals surface area contributed by atoms with E-state index in [4.69, 9.17) is 5.73 Å². The molecule has 0 aliphatic heterocycles. The Hall–Kier alpha value is -2.28. The summed E-state index contributed by atoms with van der Waals surface area (Å²) >= 11 is 0. The van der Waals surface area contributed by atoms with Crippen LogP contribution in [-0.2, 0) is 12.8 Å². The topological polar surface area (TPSA) is 72.9 Å². The van der Waals surface area contributed by atoms with E-state index >= 15 is 0 Å². The molecular formula is C18H22F2N4O. The lowest BCUT2D eigenvalue weighted by atomic mass is 9.95. The molecule has 7 heteroatoms. The van der Waals surface area contributed by atoms with E-state index < -0.39 is 24.9 Å². The van der Waals surface area contributed by atoms with E-state index in [0.29, 0.717) is 0 Å². The highest BCUT2D eigenvalue weighted by Crippen LogP contribution is 2.27. The molecule has 5 nitrogen and oxygen atoms in total. The predicted molar refractivity (Wildman–Crippen MR) is 91.3 cm³/mol. The molecule has 0 saturated heterocycles. The Labute approximate surface area is 145 Å². The van der Waals surface area contributed by atoms with Crippen molar-refractivity contribution in [2.75, 3.05) is 13.1 Å². The van der Waals surface area contributed by atoms with Gasteiger partial charge in [0.25, 0.3) is 11.8 Å². The molecule has 2 aromatic rings. The quantitative estimate of drug-likeness (QED) is 0.871. The van der Waals surface area contributed by atoms with Gasteiger partial charge in [-0.05, 0) is 44.7 Å². The summed E-state index contributed by atoms with van der Waals surface area (Å²) in [6.07, 6.45) is 3.54. The number of hydrogen-bond donors (Lipinski definition) is 2. The van der Waals surface area contributed by atoms with Crippen molar-refractivity contribution in [2.45, 2.75) is 38.5 Å². The number of amides is 1. The van der Waals surface area contributed by atoms with E-state index in [1.165, 1.54) is 0 Å². The summed E-state index contributed by atoms with van der Waals surface area (Å²) in [6.45, 7) is 0.413. The summed E-state index contributed by atoms with van der Waals surface area (Å²) in [5, 5.41) is 6.72. The zero-order chi connectivity index (χ0) is 18.0. The average Bonchev–Trinajstić information content (AvgIpc) is 3.00. The average molecular weight is 348 g/mol. The van der Waals surface area contributed by atoms with Gasteiger partial charge in [-0.3, -0.25) is 4.79 Å². The molecule has 1 aliphatic carbocycles. The van der Waals surface area contributed by atoms with Gasteiger partial charge in [0, 0.05) is 11.3 Å². The summed E-state index contributed by atoms with van der Waals surface area (Å²) in [4.78, 5) is 12.4. The summed E-state index contributed by atoms with van der Waals surface area (Å²) < 4.78 is 28.4. The van der Waals surface area contributed by atoms with Crippen LogP contribution in [0.1, 0.15) is 40.2 Å². The Balaban J connectivity index is 1.92. The molecule has 0 fully saturated rings. The second kappa shape index (κ2) is 6.92. The van der Waals surface area contributed by atoms with Crippen molar-refractivity contribution in [3.8, 4) is 5.69 Å². The minimum atomic E-state index is -3.12. The van der Waals surface area contributed by atoms with Gasteiger partial charge in [0.05, 0.1) is 18.8 Å². The maximum Gasteiger partial charge on any atom is 0.277 e. The van der Waals surface area contributed by atoms with Gasteiger partial charge in [-0.15, -0.1) is 0 Å². The van der Waals surface area contributed by atoms with Gasteiger partial charge in [0.15, 0.2) is 5.69 Å². The van der Waals surface area contributed by atoms with E-state index in [2.05, 4.69) is 10.4 Å². The molecule has 1 aliphatic rings. The lowest BCUT2D eigenvalue weighted by Gasteiger charge is -2.15. The van der Waals surface area contributed by atoms with E-state index in [1.807, 2.05) is 31.2 Å². The first-order chi connectivity index (χ1) is 11.9. The van der Waals surface area contributed by atoms with E-state index in [0.717, 1.165) is 48.2 Å². The van der Waals surface area contributed by atoms with Crippen molar-refractivity contribution >= 4 is 5.91 Å². The van der Waals surface area contributed by atoms with Gasteiger partial charge < -0.3 is 11.1 Å². The zero-order valence-electron chi connectivity index (χ0n) is 14.2. The lowest BCUT2D eigenvalue weighted by molar-refractivity contribution is 0.0118. The fraction of sp³-hybridized carbons (Fsp3) is 0.444. The third kappa shape index (κ3) is 3.71. The molecule has 0 radical (unpaired) electrons. The van der Waals surface area contributed by atoms with Gasteiger partial charge in [-0.1, -0.05) is 17.7 Å². The number of carbonyl (C=O) groups is 1. The maximum atomic E-state index is 13.3. The molecule has 1 aromatic heterocycles. The third-order valence-corrected chi connectivity index (χ3v) is 4.48. The molecular weight excluding hydrogens is 326 g/mol. The van der Waals surface area contributed by atoms with Crippen LogP contribution in [0.15, 0.2) is 24.3 Å². The first kappa shape index (κ1) is 17.5. The maximum absolute atomic E-state index is 13.3. The van der Waals surface area contributed by atoms with Crippen molar-refractivity contribution < 1.29 is 13.6 Å². The molecule has 1 aromatic carbocycles. The Morgan fingerprint density at radius 2 is 1.96 bits per heavy atom. The van der Waals surface area contributed by atoms with Crippen molar-refractivity contribution in [3.63, 3.8) is 0 Å². The first-order valence-corrected chi connectivity index (χ1v) is 8.45. The van der Waals surface area contributed by atoms with E-state index in [9.17, 15) is 13.6 Å². The summed E-state index contributed by atoms with van der Waals surface area (Å²) in [5.41, 5.74) is 9.11. The van der Waals surface area contributed by atoms with E-state index in [-0.39, 0.29) is 5.69 Å². The number of nitrogens with zero attached hydrogens (tertiary/aromatic N) is 2. The lowest BCUT2D eigenvalue weighted by Crippen LogP contribution is -2.41. The highest BCUT2D eigenvalue weighted by atomic mass is 19.3. The van der Waals surface area contributed by atoms with Crippen LogP contribution >= 0.6 is 0 Å². The van der Waals surface area contributed by atoms with Crippen LogP contribution in [-0.4, -0.2) is 34.7 Å². The van der Waals surface area contributed by atoms with Crippen LogP contribution in [0.3, 0.4) is 0 Å². The zero-order valence-corrected chi connectivity index (χ0v) is 14.2. The number of aromatic nitrogens is 2. The monoisotopic (exact) mass is 348 g/mol. The predicted octanol–water partition coefficient (Wildman–Crippen LogP) is 2.38. The summed E-state index contributed by atoms with van der Waals surface area (Å²) in [5.74, 6) is -3.69. The Morgan fingerprint density at radius 1 is 1.28 bits per heavy atom. The second-order valence-corrected chi connectivity index (χ2v) is 6.47. The SMILES string of the molecule is Cc1ccc(-n2nc(C(=O)NCC(F)(F)CN)c3c2CCCC3)cc1. The molecule has 0 atom stereocenters. The molecule has 3 rings (SSSR count). The number of hydrogen-bond acceptors (Lipinski definition) is 3. The molecule has 25 heavy (non-hydrogen) atoms. The van der Waals surface area contributed by atoms with Crippen LogP contribution in [0.5, 0.6) is 0 Å². The number of nitrogens with two attached hydrogens (primary N) is 1. The molecule has 1 heterocycles. The fourth-order valence-electron chi connectivity index (χ4n) is 3.05. The third-order valence-electron chi connectivity index (χ3n) is 4.48. The van der Waals surface area contributed by atoms with Crippen molar-refractivity contribution in [1.82, 2.24) is 15.1 Å². The van der Waals surface area contributed by atoms with Crippen LogP contribution < -0.4 is 11.1 Å².